The predicted octanol–water partition coefficient (Wildman–Crippen LogP) is 1.13. The number of quaternary nitrogens is 1. The molecule has 0 saturated carbocycles. The lowest BCUT2D eigenvalue weighted by Crippen LogP contribution is -3.13. The van der Waals surface area contributed by atoms with Crippen LogP contribution < -0.4 is 4.90 Å². The Balaban J connectivity index is 1.56. The zero-order valence-corrected chi connectivity index (χ0v) is 12.3. The van der Waals surface area contributed by atoms with Gasteiger partial charge in [0.15, 0.2) is 0 Å². The summed E-state index contributed by atoms with van der Waals surface area (Å²) in [4.78, 5) is 15.9. The van der Waals surface area contributed by atoms with Crippen molar-refractivity contribution in [3.8, 4) is 0 Å². The van der Waals surface area contributed by atoms with E-state index in [2.05, 4.69) is 24.3 Å². The van der Waals surface area contributed by atoms with Crippen LogP contribution in [0.5, 0.6) is 0 Å². The zero-order chi connectivity index (χ0) is 14.7. The molecule has 2 heterocycles. The maximum absolute atomic E-state index is 12.4. The summed E-state index contributed by atoms with van der Waals surface area (Å²) in [5, 5.41) is 0. The third-order valence-corrected chi connectivity index (χ3v) is 4.14. The number of piperazine rings is 1. The Morgan fingerprint density at radius 1 is 1.19 bits per heavy atom. The second kappa shape index (κ2) is 6.14. The minimum atomic E-state index is 0.0972. The van der Waals surface area contributed by atoms with E-state index < -0.39 is 0 Å². The molecule has 0 atom stereocenters. The first-order valence-electron chi connectivity index (χ1n) is 7.45. The molecule has 0 bridgehead atoms. The van der Waals surface area contributed by atoms with Crippen molar-refractivity contribution in [2.45, 2.75) is 13.5 Å². The second-order valence-electron chi connectivity index (χ2n) is 5.60. The Bertz CT molecular complexity index is 598. The van der Waals surface area contributed by atoms with Crippen LogP contribution in [0.2, 0.25) is 0 Å². The molecule has 0 spiro atoms. The van der Waals surface area contributed by atoms with Gasteiger partial charge in [-0.15, -0.1) is 0 Å². The summed E-state index contributed by atoms with van der Waals surface area (Å²) in [6.07, 6.45) is 1.58. The number of furan rings is 1. The summed E-state index contributed by atoms with van der Waals surface area (Å²) in [7, 11) is 0. The van der Waals surface area contributed by atoms with E-state index in [4.69, 9.17) is 4.42 Å². The van der Waals surface area contributed by atoms with Crippen molar-refractivity contribution in [1.82, 2.24) is 4.90 Å². The number of nitrogens with one attached hydrogen (secondary N) is 1. The Labute approximate surface area is 125 Å². The van der Waals surface area contributed by atoms with Crippen LogP contribution in [0.1, 0.15) is 21.7 Å². The van der Waals surface area contributed by atoms with Crippen LogP contribution in [0.25, 0.3) is 0 Å². The first-order valence-corrected chi connectivity index (χ1v) is 7.45. The van der Waals surface area contributed by atoms with Gasteiger partial charge in [-0.2, -0.15) is 0 Å². The summed E-state index contributed by atoms with van der Waals surface area (Å²) in [5.74, 6) is 0.805. The Morgan fingerprint density at radius 2 is 1.90 bits per heavy atom. The van der Waals surface area contributed by atoms with Crippen molar-refractivity contribution in [2.24, 2.45) is 0 Å². The lowest BCUT2D eigenvalue weighted by molar-refractivity contribution is -0.917. The maximum Gasteiger partial charge on any atom is 0.257 e. The molecule has 1 aromatic heterocycles. The minimum Gasteiger partial charge on any atom is -0.469 e. The molecular weight excluding hydrogens is 264 g/mol. The molecule has 1 aromatic carbocycles. The van der Waals surface area contributed by atoms with Gasteiger partial charge in [-0.1, -0.05) is 30.3 Å². The largest absolute Gasteiger partial charge is 0.469 e. The number of nitrogens with zero attached hydrogens (tertiary/aromatic N) is 1. The number of hydrogen-bond donors (Lipinski definition) is 1. The fourth-order valence-electron chi connectivity index (χ4n) is 2.86. The Hall–Kier alpha value is -2.07. The molecule has 110 valence electrons. The molecule has 1 saturated heterocycles. The summed E-state index contributed by atoms with van der Waals surface area (Å²) in [5.41, 5.74) is 2.06. The smallest absolute Gasteiger partial charge is 0.257 e. The highest BCUT2D eigenvalue weighted by Crippen LogP contribution is 2.12. The Kier molecular flexibility index (Phi) is 4.06. The molecule has 1 aliphatic heterocycles. The Morgan fingerprint density at radius 3 is 2.52 bits per heavy atom. The van der Waals surface area contributed by atoms with Gasteiger partial charge in [0.05, 0.1) is 38.0 Å². The highest BCUT2D eigenvalue weighted by molar-refractivity contribution is 5.95. The standard InChI is InChI=1S/C17H20N2O2/c1-14-16(7-12-21-14)17(20)19-10-8-18(9-11-19)13-15-5-3-2-4-6-15/h2-7,12H,8-11,13H2,1H3/p+1. The molecule has 3 rings (SSSR count). The van der Waals surface area contributed by atoms with E-state index in [0.29, 0.717) is 11.3 Å². The number of hydrogen-bond acceptors (Lipinski definition) is 2. The highest BCUT2D eigenvalue weighted by atomic mass is 16.3. The monoisotopic (exact) mass is 285 g/mol. The van der Waals surface area contributed by atoms with Gasteiger partial charge in [0, 0.05) is 5.56 Å². The van der Waals surface area contributed by atoms with Gasteiger partial charge in [-0.25, -0.2) is 0 Å². The number of carbonyl (C=O) groups excluding carboxylic acids is 1. The molecule has 1 fully saturated rings. The molecule has 4 heteroatoms. The summed E-state index contributed by atoms with van der Waals surface area (Å²) in [6.45, 7) is 6.49. The van der Waals surface area contributed by atoms with Gasteiger partial charge in [0.1, 0.15) is 12.3 Å². The topological polar surface area (TPSA) is 37.9 Å². The van der Waals surface area contributed by atoms with E-state index >= 15 is 0 Å². The lowest BCUT2D eigenvalue weighted by Gasteiger charge is -2.32. The number of benzene rings is 1. The van der Waals surface area contributed by atoms with Crippen LogP contribution in [0.15, 0.2) is 47.1 Å². The van der Waals surface area contributed by atoms with Gasteiger partial charge in [0.25, 0.3) is 5.91 Å². The van der Waals surface area contributed by atoms with Gasteiger partial charge < -0.3 is 14.2 Å². The average Bonchev–Trinajstić information content (AvgIpc) is 2.94. The quantitative estimate of drug-likeness (QED) is 0.918. The molecule has 0 radical (unpaired) electrons. The number of carbonyl (C=O) groups is 1. The van der Waals surface area contributed by atoms with Crippen molar-refractivity contribution in [3.63, 3.8) is 0 Å². The van der Waals surface area contributed by atoms with Crippen LogP contribution in [0.3, 0.4) is 0 Å². The van der Waals surface area contributed by atoms with Crippen LogP contribution >= 0.6 is 0 Å². The predicted molar refractivity (Wildman–Crippen MR) is 80.2 cm³/mol. The van der Waals surface area contributed by atoms with Gasteiger partial charge in [0.2, 0.25) is 0 Å². The van der Waals surface area contributed by atoms with Crippen molar-refractivity contribution in [2.75, 3.05) is 26.2 Å². The number of amides is 1. The molecule has 0 aliphatic carbocycles. The fraction of sp³-hybridized carbons (Fsp3) is 0.353. The van der Waals surface area contributed by atoms with Crippen molar-refractivity contribution in [1.29, 1.82) is 0 Å². The molecular formula is C17H21N2O2+. The highest BCUT2D eigenvalue weighted by Gasteiger charge is 2.26. The molecule has 4 nitrogen and oxygen atoms in total. The lowest BCUT2D eigenvalue weighted by atomic mass is 10.2. The molecule has 0 unspecified atom stereocenters. The van der Waals surface area contributed by atoms with Crippen LogP contribution in [0, 0.1) is 6.92 Å². The first-order chi connectivity index (χ1) is 10.2. The van der Waals surface area contributed by atoms with E-state index in [1.165, 1.54) is 10.5 Å². The zero-order valence-electron chi connectivity index (χ0n) is 12.3. The second-order valence-corrected chi connectivity index (χ2v) is 5.60. The third-order valence-electron chi connectivity index (χ3n) is 4.14. The normalized spacial score (nSPS) is 16.1. The summed E-state index contributed by atoms with van der Waals surface area (Å²) < 4.78 is 5.22. The van der Waals surface area contributed by atoms with Gasteiger partial charge in [-0.3, -0.25) is 4.79 Å². The van der Waals surface area contributed by atoms with Crippen LogP contribution in [-0.2, 0) is 6.54 Å². The number of aryl methyl sites for hydroxylation is 1. The average molecular weight is 285 g/mol. The van der Waals surface area contributed by atoms with E-state index in [9.17, 15) is 4.79 Å². The third kappa shape index (κ3) is 3.16. The molecule has 1 amide bonds. The molecule has 1 aliphatic rings. The van der Waals surface area contributed by atoms with Crippen molar-refractivity contribution in [3.05, 3.63) is 59.5 Å². The molecule has 2 aromatic rings. The van der Waals surface area contributed by atoms with E-state index in [1.807, 2.05) is 17.9 Å². The number of rotatable bonds is 3. The molecule has 21 heavy (non-hydrogen) atoms. The van der Waals surface area contributed by atoms with Crippen molar-refractivity contribution < 1.29 is 14.1 Å². The van der Waals surface area contributed by atoms with E-state index in [0.717, 1.165) is 32.7 Å². The maximum atomic E-state index is 12.4. The fourth-order valence-corrected chi connectivity index (χ4v) is 2.86. The first kappa shape index (κ1) is 13.9. The van der Waals surface area contributed by atoms with E-state index in [1.54, 1.807) is 12.3 Å². The van der Waals surface area contributed by atoms with E-state index in [-0.39, 0.29) is 5.91 Å². The SMILES string of the molecule is Cc1occc1C(=O)N1CC[NH+](Cc2ccccc2)CC1. The summed E-state index contributed by atoms with van der Waals surface area (Å²) >= 11 is 0. The van der Waals surface area contributed by atoms with Crippen molar-refractivity contribution >= 4 is 5.91 Å². The van der Waals surface area contributed by atoms with Gasteiger partial charge >= 0.3 is 0 Å². The van der Waals surface area contributed by atoms with Gasteiger partial charge in [-0.05, 0) is 13.0 Å². The van der Waals surface area contributed by atoms with Crippen LogP contribution in [0.4, 0.5) is 0 Å². The minimum absolute atomic E-state index is 0.0972. The summed E-state index contributed by atoms with van der Waals surface area (Å²) in [6, 6.07) is 12.3. The van der Waals surface area contributed by atoms with Crippen LogP contribution in [-0.4, -0.2) is 37.0 Å². The molecule has 1 N–H and O–H groups in total.